The predicted octanol–water partition coefficient (Wildman–Crippen LogP) is 2.31. The first-order chi connectivity index (χ1) is 9.47. The van der Waals surface area contributed by atoms with Gasteiger partial charge in [0.15, 0.2) is 0 Å². The van der Waals surface area contributed by atoms with Crippen LogP contribution in [0.1, 0.15) is 12.8 Å². The highest BCUT2D eigenvalue weighted by Crippen LogP contribution is 2.28. The van der Waals surface area contributed by atoms with Gasteiger partial charge < -0.3 is 16.0 Å². The lowest BCUT2D eigenvalue weighted by atomic mass is 10.0. The van der Waals surface area contributed by atoms with Crippen LogP contribution in [0.3, 0.4) is 0 Å². The molecule has 1 aromatic rings. The standard InChI is InChI=1S/C12H15BrN4O3/c13-10-2-1-9(7-11(10)17(19)20)15-8-3-5-16(6-4-8)12(14)18/h1-2,7-8,15H,3-6H2,(H2,14,18). The van der Waals surface area contributed by atoms with Gasteiger partial charge in [0.1, 0.15) is 0 Å². The van der Waals surface area contributed by atoms with Crippen molar-refractivity contribution in [3.63, 3.8) is 0 Å². The molecule has 1 saturated heterocycles. The molecule has 1 aromatic carbocycles. The number of nitro groups is 1. The molecular formula is C12H15BrN4O3. The van der Waals surface area contributed by atoms with Crippen LogP contribution >= 0.6 is 15.9 Å². The molecular weight excluding hydrogens is 328 g/mol. The monoisotopic (exact) mass is 342 g/mol. The zero-order chi connectivity index (χ0) is 14.7. The van der Waals surface area contributed by atoms with Crippen molar-refractivity contribution in [1.29, 1.82) is 0 Å². The summed E-state index contributed by atoms with van der Waals surface area (Å²) in [7, 11) is 0. The van der Waals surface area contributed by atoms with Crippen molar-refractivity contribution in [3.8, 4) is 0 Å². The fraction of sp³-hybridized carbons (Fsp3) is 0.417. The van der Waals surface area contributed by atoms with Gasteiger partial charge in [-0.3, -0.25) is 10.1 Å². The Bertz CT molecular complexity index is 529. The van der Waals surface area contributed by atoms with E-state index < -0.39 is 11.0 Å². The number of halogens is 1. The number of benzene rings is 1. The fourth-order valence-electron chi connectivity index (χ4n) is 2.22. The Morgan fingerprint density at radius 3 is 2.65 bits per heavy atom. The van der Waals surface area contributed by atoms with Crippen molar-refractivity contribution in [1.82, 2.24) is 4.90 Å². The van der Waals surface area contributed by atoms with Gasteiger partial charge in [-0.1, -0.05) is 0 Å². The minimum atomic E-state index is -0.426. The third-order valence-electron chi connectivity index (χ3n) is 3.32. The summed E-state index contributed by atoms with van der Waals surface area (Å²) in [6, 6.07) is 4.73. The number of carbonyl (C=O) groups is 1. The zero-order valence-corrected chi connectivity index (χ0v) is 12.3. The van der Waals surface area contributed by atoms with Crippen LogP contribution in [0, 0.1) is 10.1 Å². The van der Waals surface area contributed by atoms with Gasteiger partial charge in [-0.2, -0.15) is 0 Å². The third kappa shape index (κ3) is 3.38. The number of hydrogen-bond acceptors (Lipinski definition) is 4. The number of piperidine rings is 1. The van der Waals surface area contributed by atoms with E-state index in [4.69, 9.17) is 5.73 Å². The predicted molar refractivity (Wildman–Crippen MR) is 78.6 cm³/mol. The highest BCUT2D eigenvalue weighted by Gasteiger charge is 2.21. The summed E-state index contributed by atoms with van der Waals surface area (Å²) in [4.78, 5) is 23.1. The lowest BCUT2D eigenvalue weighted by Crippen LogP contribution is -2.44. The number of likely N-dealkylation sites (tertiary alicyclic amines) is 1. The molecule has 0 unspecified atom stereocenters. The van der Waals surface area contributed by atoms with Crippen LogP contribution in [0.4, 0.5) is 16.2 Å². The lowest BCUT2D eigenvalue weighted by molar-refractivity contribution is -0.385. The van der Waals surface area contributed by atoms with E-state index in [0.29, 0.717) is 23.2 Å². The van der Waals surface area contributed by atoms with Crippen molar-refractivity contribution in [2.45, 2.75) is 18.9 Å². The Labute approximate surface area is 124 Å². The lowest BCUT2D eigenvalue weighted by Gasteiger charge is -2.31. The number of nitrogens with zero attached hydrogens (tertiary/aromatic N) is 2. The average Bonchev–Trinajstić information content (AvgIpc) is 2.41. The zero-order valence-electron chi connectivity index (χ0n) is 10.7. The Balaban J connectivity index is 1.99. The van der Waals surface area contributed by atoms with E-state index in [1.54, 1.807) is 17.0 Å². The molecule has 0 spiro atoms. The molecule has 108 valence electrons. The molecule has 20 heavy (non-hydrogen) atoms. The first-order valence-corrected chi connectivity index (χ1v) is 7.01. The maximum atomic E-state index is 11.0. The Morgan fingerprint density at radius 1 is 1.45 bits per heavy atom. The summed E-state index contributed by atoms with van der Waals surface area (Å²) >= 11 is 3.15. The Kier molecular flexibility index (Phi) is 4.43. The molecule has 0 aromatic heterocycles. The summed E-state index contributed by atoms with van der Waals surface area (Å²) in [5.41, 5.74) is 5.96. The van der Waals surface area contributed by atoms with Crippen LogP contribution < -0.4 is 11.1 Å². The highest BCUT2D eigenvalue weighted by molar-refractivity contribution is 9.10. The minimum absolute atomic E-state index is 0.0320. The average molecular weight is 343 g/mol. The van der Waals surface area contributed by atoms with Crippen LogP contribution in [0.5, 0.6) is 0 Å². The first kappa shape index (κ1) is 14.6. The van der Waals surface area contributed by atoms with Crippen molar-refractivity contribution in [3.05, 3.63) is 32.8 Å². The van der Waals surface area contributed by atoms with Crippen molar-refractivity contribution < 1.29 is 9.72 Å². The summed E-state index contributed by atoms with van der Waals surface area (Å²) in [6.07, 6.45) is 1.54. The molecule has 2 amide bonds. The van der Waals surface area contributed by atoms with Crippen LogP contribution in [0.15, 0.2) is 22.7 Å². The number of urea groups is 1. The van der Waals surface area contributed by atoms with Crippen molar-refractivity contribution >= 4 is 33.3 Å². The highest BCUT2D eigenvalue weighted by atomic mass is 79.9. The van der Waals surface area contributed by atoms with Gasteiger partial charge in [0.05, 0.1) is 9.40 Å². The number of nitrogens with two attached hydrogens (primary N) is 1. The molecule has 0 bridgehead atoms. The molecule has 1 heterocycles. The molecule has 0 saturated carbocycles. The van der Waals surface area contributed by atoms with Gasteiger partial charge >= 0.3 is 6.03 Å². The molecule has 1 aliphatic rings. The second kappa shape index (κ2) is 6.08. The molecule has 7 nitrogen and oxygen atoms in total. The summed E-state index contributed by atoms with van der Waals surface area (Å²) in [6.45, 7) is 1.21. The number of primary amides is 1. The van der Waals surface area contributed by atoms with Crippen LogP contribution in [-0.2, 0) is 0 Å². The molecule has 1 aliphatic heterocycles. The van der Waals surface area contributed by atoms with E-state index in [1.807, 2.05) is 0 Å². The van der Waals surface area contributed by atoms with Crippen LogP contribution in [0.2, 0.25) is 0 Å². The quantitative estimate of drug-likeness (QED) is 0.649. The molecule has 0 aliphatic carbocycles. The number of hydrogen-bond donors (Lipinski definition) is 2. The Hall–Kier alpha value is -1.83. The number of rotatable bonds is 3. The van der Waals surface area contributed by atoms with Gasteiger partial charge in [0.2, 0.25) is 0 Å². The Morgan fingerprint density at radius 2 is 2.10 bits per heavy atom. The maximum Gasteiger partial charge on any atom is 0.314 e. The van der Waals surface area contributed by atoms with E-state index >= 15 is 0 Å². The largest absolute Gasteiger partial charge is 0.382 e. The third-order valence-corrected chi connectivity index (χ3v) is 3.99. The molecule has 0 radical (unpaired) electrons. The van der Waals surface area contributed by atoms with Gasteiger partial charge in [-0.05, 0) is 40.9 Å². The second-order valence-electron chi connectivity index (χ2n) is 4.67. The molecule has 3 N–H and O–H groups in total. The van der Waals surface area contributed by atoms with Gasteiger partial charge in [-0.25, -0.2) is 4.79 Å². The normalized spacial score (nSPS) is 15.9. The summed E-state index contributed by atoms with van der Waals surface area (Å²) in [5.74, 6) is 0. The second-order valence-corrected chi connectivity index (χ2v) is 5.52. The van der Waals surface area contributed by atoms with Crippen molar-refractivity contribution in [2.75, 3.05) is 18.4 Å². The van der Waals surface area contributed by atoms with Crippen LogP contribution in [-0.4, -0.2) is 35.0 Å². The number of nitro benzene ring substituents is 1. The smallest absolute Gasteiger partial charge is 0.314 e. The minimum Gasteiger partial charge on any atom is -0.382 e. The van der Waals surface area contributed by atoms with E-state index in [1.165, 1.54) is 6.07 Å². The molecule has 1 fully saturated rings. The van der Waals surface area contributed by atoms with E-state index in [-0.39, 0.29) is 11.7 Å². The van der Waals surface area contributed by atoms with E-state index in [9.17, 15) is 14.9 Å². The van der Waals surface area contributed by atoms with E-state index in [2.05, 4.69) is 21.2 Å². The number of nitrogens with one attached hydrogen (secondary N) is 1. The summed E-state index contributed by atoms with van der Waals surface area (Å²) in [5, 5.41) is 14.1. The number of carbonyl (C=O) groups excluding carboxylic acids is 1. The SMILES string of the molecule is NC(=O)N1CCC(Nc2ccc(Br)c([N+](=O)[O-])c2)CC1. The maximum absolute atomic E-state index is 11.0. The molecule has 8 heteroatoms. The first-order valence-electron chi connectivity index (χ1n) is 6.22. The topological polar surface area (TPSA) is 102 Å². The van der Waals surface area contributed by atoms with Gasteiger partial charge in [-0.15, -0.1) is 0 Å². The summed E-state index contributed by atoms with van der Waals surface area (Å²) < 4.78 is 0.455. The molecule has 2 rings (SSSR count). The van der Waals surface area contributed by atoms with E-state index in [0.717, 1.165) is 12.8 Å². The number of amides is 2. The fourth-order valence-corrected chi connectivity index (χ4v) is 2.61. The van der Waals surface area contributed by atoms with Gasteiger partial charge in [0, 0.05) is 30.9 Å². The van der Waals surface area contributed by atoms with Gasteiger partial charge in [0.25, 0.3) is 5.69 Å². The molecule has 0 atom stereocenters. The van der Waals surface area contributed by atoms with Crippen LogP contribution in [0.25, 0.3) is 0 Å². The number of anilines is 1. The van der Waals surface area contributed by atoms with Crippen molar-refractivity contribution in [2.24, 2.45) is 5.73 Å².